The first-order chi connectivity index (χ1) is 9.51. The van der Waals surface area contributed by atoms with Gasteiger partial charge >= 0.3 is 0 Å². The van der Waals surface area contributed by atoms with E-state index in [1.54, 1.807) is 0 Å². The Morgan fingerprint density at radius 3 is 2.80 bits per heavy atom. The van der Waals surface area contributed by atoms with E-state index in [9.17, 15) is 14.9 Å². The lowest BCUT2D eigenvalue weighted by Crippen LogP contribution is -2.12. The smallest absolute Gasteiger partial charge is 0.292 e. The Bertz CT molecular complexity index is 670. The summed E-state index contributed by atoms with van der Waals surface area (Å²) in [5.41, 5.74) is 5.46. The van der Waals surface area contributed by atoms with Crippen LogP contribution in [0.25, 0.3) is 0 Å². The molecule has 0 saturated carbocycles. The molecular formula is C11H11N5O3S. The van der Waals surface area contributed by atoms with Crippen molar-refractivity contribution in [2.24, 2.45) is 0 Å². The molecule has 2 aromatic rings. The standard InChI is InChI=1S/C11H11N5O3S/c1-2-9-14-15-11(20-9)13-10(17)6-3-4-8(16(18)19)7(12)5-6/h3-5H,2,12H2,1H3,(H,13,15,17). The number of carbonyl (C=O) groups excluding carboxylic acids is 1. The molecule has 0 bridgehead atoms. The Labute approximate surface area is 117 Å². The molecule has 104 valence electrons. The monoisotopic (exact) mass is 293 g/mol. The van der Waals surface area contributed by atoms with Crippen molar-refractivity contribution in [3.8, 4) is 0 Å². The molecule has 0 fully saturated rings. The van der Waals surface area contributed by atoms with Gasteiger partial charge in [-0.3, -0.25) is 20.2 Å². The minimum atomic E-state index is -0.602. The average molecular weight is 293 g/mol. The van der Waals surface area contributed by atoms with Gasteiger partial charge in [0.05, 0.1) is 4.92 Å². The van der Waals surface area contributed by atoms with Crippen LogP contribution in [-0.4, -0.2) is 21.0 Å². The van der Waals surface area contributed by atoms with Crippen LogP contribution < -0.4 is 11.1 Å². The lowest BCUT2D eigenvalue weighted by atomic mass is 10.1. The van der Waals surface area contributed by atoms with Crippen molar-refractivity contribution in [1.82, 2.24) is 10.2 Å². The number of carbonyl (C=O) groups is 1. The second kappa shape index (κ2) is 5.61. The molecule has 8 nitrogen and oxygen atoms in total. The predicted molar refractivity (Wildman–Crippen MR) is 74.7 cm³/mol. The molecule has 0 aliphatic carbocycles. The number of nitro benzene ring substituents is 1. The van der Waals surface area contributed by atoms with E-state index in [0.29, 0.717) is 5.13 Å². The highest BCUT2D eigenvalue weighted by Crippen LogP contribution is 2.23. The zero-order chi connectivity index (χ0) is 14.7. The van der Waals surface area contributed by atoms with E-state index < -0.39 is 10.8 Å². The number of benzene rings is 1. The second-order valence-electron chi connectivity index (χ2n) is 3.84. The maximum Gasteiger partial charge on any atom is 0.292 e. The average Bonchev–Trinajstić information content (AvgIpc) is 2.85. The van der Waals surface area contributed by atoms with Gasteiger partial charge < -0.3 is 5.73 Å². The van der Waals surface area contributed by atoms with Crippen LogP contribution in [0.1, 0.15) is 22.3 Å². The number of hydrogen-bond acceptors (Lipinski definition) is 7. The first-order valence-electron chi connectivity index (χ1n) is 5.69. The molecule has 1 aromatic heterocycles. The topological polar surface area (TPSA) is 124 Å². The van der Waals surface area contributed by atoms with Crippen LogP contribution in [0.5, 0.6) is 0 Å². The normalized spacial score (nSPS) is 10.2. The van der Waals surface area contributed by atoms with Crippen molar-refractivity contribution in [3.05, 3.63) is 38.9 Å². The first kappa shape index (κ1) is 13.9. The molecule has 20 heavy (non-hydrogen) atoms. The number of amides is 1. The Morgan fingerprint density at radius 1 is 1.50 bits per heavy atom. The van der Waals surface area contributed by atoms with E-state index in [2.05, 4.69) is 15.5 Å². The molecule has 3 N–H and O–H groups in total. The zero-order valence-electron chi connectivity index (χ0n) is 10.5. The van der Waals surface area contributed by atoms with Gasteiger partial charge in [0.2, 0.25) is 5.13 Å². The van der Waals surface area contributed by atoms with Gasteiger partial charge in [-0.05, 0) is 18.6 Å². The van der Waals surface area contributed by atoms with Gasteiger partial charge in [0, 0.05) is 11.6 Å². The third-order valence-corrected chi connectivity index (χ3v) is 3.46. The Kier molecular flexibility index (Phi) is 3.89. The number of nitrogen functional groups attached to an aromatic ring is 1. The highest BCUT2D eigenvalue weighted by atomic mass is 32.1. The maximum absolute atomic E-state index is 11.9. The number of nitrogens with zero attached hydrogens (tertiary/aromatic N) is 3. The number of nitro groups is 1. The number of nitrogens with one attached hydrogen (secondary N) is 1. The largest absolute Gasteiger partial charge is 0.393 e. The van der Waals surface area contributed by atoms with Crippen molar-refractivity contribution < 1.29 is 9.72 Å². The SMILES string of the molecule is CCc1nnc(NC(=O)c2ccc([N+](=O)[O-])c(N)c2)s1. The van der Waals surface area contributed by atoms with Gasteiger partial charge in [-0.25, -0.2) is 0 Å². The molecule has 9 heteroatoms. The minimum absolute atomic E-state index is 0.0610. The van der Waals surface area contributed by atoms with Crippen LogP contribution >= 0.6 is 11.3 Å². The van der Waals surface area contributed by atoms with E-state index >= 15 is 0 Å². The molecular weight excluding hydrogens is 282 g/mol. The number of rotatable bonds is 4. The third-order valence-electron chi connectivity index (χ3n) is 2.48. The summed E-state index contributed by atoms with van der Waals surface area (Å²) in [5.74, 6) is -0.439. The van der Waals surface area contributed by atoms with Crippen molar-refractivity contribution >= 4 is 33.8 Å². The summed E-state index contributed by atoms with van der Waals surface area (Å²) in [4.78, 5) is 22.0. The van der Waals surface area contributed by atoms with Crippen LogP contribution in [0.3, 0.4) is 0 Å². The lowest BCUT2D eigenvalue weighted by Gasteiger charge is -2.02. The van der Waals surface area contributed by atoms with Crippen LogP contribution in [0.4, 0.5) is 16.5 Å². The molecule has 0 spiro atoms. The Hall–Kier alpha value is -2.55. The molecule has 1 aromatic carbocycles. The molecule has 0 unspecified atom stereocenters. The lowest BCUT2D eigenvalue weighted by molar-refractivity contribution is -0.383. The summed E-state index contributed by atoms with van der Waals surface area (Å²) in [6, 6.07) is 3.79. The van der Waals surface area contributed by atoms with Crippen LogP contribution in [0.2, 0.25) is 0 Å². The van der Waals surface area contributed by atoms with E-state index in [4.69, 9.17) is 5.73 Å². The summed E-state index contributed by atoms with van der Waals surface area (Å²) in [6.45, 7) is 1.93. The fourth-order valence-corrected chi connectivity index (χ4v) is 2.15. The molecule has 0 radical (unpaired) electrons. The van der Waals surface area contributed by atoms with Crippen molar-refractivity contribution in [2.45, 2.75) is 13.3 Å². The fourth-order valence-electron chi connectivity index (χ4n) is 1.48. The number of anilines is 2. The number of aromatic nitrogens is 2. The van der Waals surface area contributed by atoms with Crippen LogP contribution in [0.15, 0.2) is 18.2 Å². The molecule has 1 heterocycles. The third kappa shape index (κ3) is 2.88. The Morgan fingerprint density at radius 2 is 2.25 bits per heavy atom. The molecule has 1 amide bonds. The Balaban J connectivity index is 2.17. The number of nitrogens with two attached hydrogens (primary N) is 1. The van der Waals surface area contributed by atoms with Crippen molar-refractivity contribution in [2.75, 3.05) is 11.1 Å². The van der Waals surface area contributed by atoms with Gasteiger partial charge in [0.25, 0.3) is 11.6 Å². The molecule has 0 aliphatic rings. The summed E-state index contributed by atoms with van der Waals surface area (Å²) in [6.07, 6.45) is 0.734. The van der Waals surface area contributed by atoms with Gasteiger partial charge in [-0.15, -0.1) is 10.2 Å². The van der Waals surface area contributed by atoms with Crippen LogP contribution in [0, 0.1) is 10.1 Å². The van der Waals surface area contributed by atoms with E-state index in [0.717, 1.165) is 11.4 Å². The number of hydrogen-bond donors (Lipinski definition) is 2. The summed E-state index contributed by atoms with van der Waals surface area (Å²) >= 11 is 1.27. The predicted octanol–water partition coefficient (Wildman–Crippen LogP) is 1.84. The van der Waals surface area contributed by atoms with Crippen LogP contribution in [-0.2, 0) is 6.42 Å². The second-order valence-corrected chi connectivity index (χ2v) is 4.90. The summed E-state index contributed by atoms with van der Waals surface area (Å²) < 4.78 is 0. The first-order valence-corrected chi connectivity index (χ1v) is 6.50. The van der Waals surface area contributed by atoms with Gasteiger partial charge in [0.15, 0.2) is 0 Å². The fraction of sp³-hybridized carbons (Fsp3) is 0.182. The highest BCUT2D eigenvalue weighted by molar-refractivity contribution is 7.15. The molecule has 0 aliphatic heterocycles. The van der Waals surface area contributed by atoms with E-state index in [1.807, 2.05) is 6.92 Å². The highest BCUT2D eigenvalue weighted by Gasteiger charge is 2.15. The maximum atomic E-state index is 11.9. The summed E-state index contributed by atoms with van der Waals surface area (Å²) in [7, 11) is 0. The van der Waals surface area contributed by atoms with Crippen molar-refractivity contribution in [3.63, 3.8) is 0 Å². The van der Waals surface area contributed by atoms with Gasteiger partial charge in [-0.2, -0.15) is 0 Å². The molecule has 0 saturated heterocycles. The quantitative estimate of drug-likeness (QED) is 0.503. The molecule has 2 rings (SSSR count). The van der Waals surface area contributed by atoms with Gasteiger partial charge in [-0.1, -0.05) is 18.3 Å². The van der Waals surface area contributed by atoms with Crippen molar-refractivity contribution in [1.29, 1.82) is 0 Å². The van der Waals surface area contributed by atoms with E-state index in [1.165, 1.54) is 29.5 Å². The van der Waals surface area contributed by atoms with Gasteiger partial charge in [0.1, 0.15) is 10.7 Å². The number of aryl methyl sites for hydroxylation is 1. The van der Waals surface area contributed by atoms with E-state index in [-0.39, 0.29) is 16.9 Å². The summed E-state index contributed by atoms with van der Waals surface area (Å²) in [5, 5.41) is 22.1. The zero-order valence-corrected chi connectivity index (χ0v) is 11.3. The minimum Gasteiger partial charge on any atom is -0.393 e. The molecule has 0 atom stereocenters.